The van der Waals surface area contributed by atoms with Crippen LogP contribution in [0.25, 0.3) is 27.8 Å². The zero-order valence-corrected chi connectivity index (χ0v) is 18.1. The molecule has 5 aromatic rings. The molecule has 0 radical (unpaired) electrons. The second kappa shape index (κ2) is 8.56. The normalized spacial score (nSPS) is 11.1. The maximum absolute atomic E-state index is 14.9. The molecule has 5 rings (SSSR count). The van der Waals surface area contributed by atoms with E-state index in [4.69, 9.17) is 0 Å². The molecule has 0 aliphatic rings. The van der Waals surface area contributed by atoms with Crippen LogP contribution in [0.1, 0.15) is 16.1 Å². The van der Waals surface area contributed by atoms with E-state index in [0.29, 0.717) is 28.4 Å². The third-order valence-electron chi connectivity index (χ3n) is 5.42. The highest BCUT2D eigenvalue weighted by Crippen LogP contribution is 2.38. The van der Waals surface area contributed by atoms with Gasteiger partial charge in [0.2, 0.25) is 0 Å². The van der Waals surface area contributed by atoms with E-state index < -0.39 is 23.4 Å². The van der Waals surface area contributed by atoms with Crippen molar-refractivity contribution in [3.63, 3.8) is 0 Å². The molecular weight excluding hydrogens is 459 g/mol. The molecule has 0 unspecified atom stereocenters. The quantitative estimate of drug-likeness (QED) is 0.341. The van der Waals surface area contributed by atoms with Crippen molar-refractivity contribution in [2.75, 3.05) is 5.32 Å². The minimum absolute atomic E-state index is 0.0426. The summed E-state index contributed by atoms with van der Waals surface area (Å²) in [5, 5.41) is 17.1. The van der Waals surface area contributed by atoms with E-state index >= 15 is 0 Å². The standard InChI is InChI=1S/C25H16F3N5O2/c1-13-22(14-10-18(28)23-20(11-14)29-8-9-30-23)24(31-19-5-3-2-4-16(19)25(34)35)33(32-13)21-7-6-15(26)12-17(21)27/h2-12,31H,1H3,(H,34,35). The lowest BCUT2D eigenvalue weighted by Gasteiger charge is -2.15. The number of carboxylic acids is 1. The molecule has 10 heteroatoms. The Balaban J connectivity index is 1.78. The van der Waals surface area contributed by atoms with Crippen molar-refractivity contribution in [1.82, 2.24) is 19.7 Å². The molecule has 0 aliphatic heterocycles. The summed E-state index contributed by atoms with van der Waals surface area (Å²) in [4.78, 5) is 20.0. The maximum Gasteiger partial charge on any atom is 0.337 e. The molecule has 2 heterocycles. The number of aryl methyl sites for hydroxylation is 1. The zero-order chi connectivity index (χ0) is 24.7. The van der Waals surface area contributed by atoms with Crippen LogP contribution in [0.3, 0.4) is 0 Å². The average molecular weight is 475 g/mol. The minimum atomic E-state index is -1.18. The number of hydrogen-bond acceptors (Lipinski definition) is 5. The minimum Gasteiger partial charge on any atom is -0.478 e. The fraction of sp³-hybridized carbons (Fsp3) is 0.0400. The van der Waals surface area contributed by atoms with Crippen molar-refractivity contribution >= 4 is 28.5 Å². The first-order valence-corrected chi connectivity index (χ1v) is 10.4. The number of benzene rings is 3. The summed E-state index contributed by atoms with van der Waals surface area (Å²) in [6, 6.07) is 12.0. The molecule has 0 amide bonds. The van der Waals surface area contributed by atoms with Gasteiger partial charge in [0.05, 0.1) is 22.5 Å². The second-order valence-electron chi connectivity index (χ2n) is 7.67. The zero-order valence-electron chi connectivity index (χ0n) is 18.1. The van der Waals surface area contributed by atoms with Gasteiger partial charge in [-0.15, -0.1) is 0 Å². The largest absolute Gasteiger partial charge is 0.478 e. The van der Waals surface area contributed by atoms with Crippen LogP contribution in [0.4, 0.5) is 24.7 Å². The molecule has 174 valence electrons. The van der Waals surface area contributed by atoms with Gasteiger partial charge in [-0.2, -0.15) is 5.10 Å². The highest BCUT2D eigenvalue weighted by molar-refractivity contribution is 5.96. The van der Waals surface area contributed by atoms with Gasteiger partial charge in [0.15, 0.2) is 11.6 Å². The third kappa shape index (κ3) is 3.95. The maximum atomic E-state index is 14.9. The average Bonchev–Trinajstić information content (AvgIpc) is 3.14. The van der Waals surface area contributed by atoms with Gasteiger partial charge in [-0.1, -0.05) is 12.1 Å². The first-order valence-electron chi connectivity index (χ1n) is 10.4. The van der Waals surface area contributed by atoms with Crippen molar-refractivity contribution in [3.8, 4) is 16.8 Å². The van der Waals surface area contributed by atoms with Crippen LogP contribution in [-0.2, 0) is 0 Å². The van der Waals surface area contributed by atoms with Crippen molar-refractivity contribution in [2.45, 2.75) is 6.92 Å². The molecule has 0 bridgehead atoms. The predicted octanol–water partition coefficient (Wildman–Crippen LogP) is 5.65. The first kappa shape index (κ1) is 22.1. The molecule has 0 saturated heterocycles. The summed E-state index contributed by atoms with van der Waals surface area (Å²) >= 11 is 0. The fourth-order valence-electron chi connectivity index (χ4n) is 3.90. The van der Waals surface area contributed by atoms with Gasteiger partial charge in [-0.25, -0.2) is 27.6 Å². The Labute approximate surface area is 196 Å². The first-order chi connectivity index (χ1) is 16.8. The van der Waals surface area contributed by atoms with Crippen LogP contribution in [0, 0.1) is 24.4 Å². The number of nitrogens with zero attached hydrogens (tertiary/aromatic N) is 4. The van der Waals surface area contributed by atoms with Gasteiger partial charge in [0.25, 0.3) is 0 Å². The summed E-state index contributed by atoms with van der Waals surface area (Å²) in [6.45, 7) is 1.64. The molecule has 35 heavy (non-hydrogen) atoms. The van der Waals surface area contributed by atoms with Gasteiger partial charge < -0.3 is 10.4 Å². The molecule has 3 aromatic carbocycles. The number of hydrogen-bond donors (Lipinski definition) is 2. The van der Waals surface area contributed by atoms with Crippen LogP contribution in [0.2, 0.25) is 0 Å². The Bertz CT molecular complexity index is 1620. The summed E-state index contributed by atoms with van der Waals surface area (Å²) in [5.74, 6) is -3.30. The van der Waals surface area contributed by atoms with Crippen molar-refractivity contribution in [2.24, 2.45) is 0 Å². The third-order valence-corrected chi connectivity index (χ3v) is 5.42. The molecule has 7 nitrogen and oxygen atoms in total. The highest BCUT2D eigenvalue weighted by atomic mass is 19.1. The Morgan fingerprint density at radius 2 is 1.74 bits per heavy atom. The van der Waals surface area contributed by atoms with Crippen LogP contribution >= 0.6 is 0 Å². The number of aromatic carboxylic acids is 1. The number of aromatic nitrogens is 4. The summed E-state index contributed by atoms with van der Waals surface area (Å²) in [5.41, 5.74) is 1.56. The molecule has 0 spiro atoms. The number of anilines is 2. The van der Waals surface area contributed by atoms with E-state index in [1.807, 2.05) is 0 Å². The molecule has 0 atom stereocenters. The SMILES string of the molecule is Cc1nn(-c2ccc(F)cc2F)c(Nc2ccccc2C(=O)O)c1-c1cc(F)c2nccnc2c1. The van der Waals surface area contributed by atoms with E-state index in [2.05, 4.69) is 20.4 Å². The fourth-order valence-corrected chi connectivity index (χ4v) is 3.90. The van der Waals surface area contributed by atoms with Crippen LogP contribution in [0.5, 0.6) is 0 Å². The molecule has 0 saturated carbocycles. The lowest BCUT2D eigenvalue weighted by atomic mass is 10.0. The van der Waals surface area contributed by atoms with E-state index in [0.717, 1.165) is 6.07 Å². The lowest BCUT2D eigenvalue weighted by Crippen LogP contribution is -2.08. The topological polar surface area (TPSA) is 92.9 Å². The molecule has 0 aliphatic carbocycles. The monoisotopic (exact) mass is 475 g/mol. The number of carbonyl (C=O) groups is 1. The summed E-state index contributed by atoms with van der Waals surface area (Å²) < 4.78 is 44.5. The Kier molecular flexibility index (Phi) is 5.40. The highest BCUT2D eigenvalue weighted by Gasteiger charge is 2.23. The molecule has 2 N–H and O–H groups in total. The molecule has 0 fully saturated rings. The van der Waals surface area contributed by atoms with E-state index in [9.17, 15) is 23.1 Å². The van der Waals surface area contributed by atoms with Crippen molar-refractivity contribution in [3.05, 3.63) is 95.7 Å². The van der Waals surface area contributed by atoms with Gasteiger partial charge in [-0.05, 0) is 48.9 Å². The number of fused-ring (bicyclic) bond motifs is 1. The molecule has 2 aromatic heterocycles. The van der Waals surface area contributed by atoms with Gasteiger partial charge in [-0.3, -0.25) is 4.98 Å². The number of halogens is 3. The number of nitrogens with one attached hydrogen (secondary N) is 1. The van der Waals surface area contributed by atoms with E-state index in [1.54, 1.807) is 25.1 Å². The van der Waals surface area contributed by atoms with Gasteiger partial charge >= 0.3 is 5.97 Å². The number of para-hydroxylation sites is 1. The van der Waals surface area contributed by atoms with E-state index in [-0.39, 0.29) is 28.3 Å². The van der Waals surface area contributed by atoms with Crippen LogP contribution in [-0.4, -0.2) is 30.8 Å². The van der Waals surface area contributed by atoms with Gasteiger partial charge in [0.1, 0.15) is 22.8 Å². The van der Waals surface area contributed by atoms with E-state index in [1.165, 1.54) is 41.3 Å². The summed E-state index contributed by atoms with van der Waals surface area (Å²) in [7, 11) is 0. The smallest absolute Gasteiger partial charge is 0.337 e. The van der Waals surface area contributed by atoms with Crippen LogP contribution in [0.15, 0.2) is 67.0 Å². The van der Waals surface area contributed by atoms with Crippen molar-refractivity contribution < 1.29 is 23.1 Å². The van der Waals surface area contributed by atoms with Crippen LogP contribution < -0.4 is 5.32 Å². The number of rotatable bonds is 5. The Morgan fingerprint density at radius 1 is 0.971 bits per heavy atom. The Hall–Kier alpha value is -4.73. The summed E-state index contributed by atoms with van der Waals surface area (Å²) in [6.07, 6.45) is 2.81. The number of carboxylic acid groups (broad SMARTS) is 1. The second-order valence-corrected chi connectivity index (χ2v) is 7.67. The molecular formula is C25H16F3N5O2. The lowest BCUT2D eigenvalue weighted by molar-refractivity contribution is 0.0698. The Morgan fingerprint density at radius 3 is 2.51 bits per heavy atom. The predicted molar refractivity (Wildman–Crippen MR) is 123 cm³/mol. The van der Waals surface area contributed by atoms with Crippen molar-refractivity contribution in [1.29, 1.82) is 0 Å². The van der Waals surface area contributed by atoms with Gasteiger partial charge in [0, 0.05) is 24.0 Å².